The van der Waals surface area contributed by atoms with Gasteiger partial charge in [-0.15, -0.1) is 0 Å². The van der Waals surface area contributed by atoms with Crippen LogP contribution in [0.3, 0.4) is 0 Å². The van der Waals surface area contributed by atoms with E-state index in [0.29, 0.717) is 10.6 Å². The Morgan fingerprint density at radius 1 is 1.19 bits per heavy atom. The molecule has 0 fully saturated rings. The Bertz CT molecular complexity index is 633. The molecule has 0 bridgehead atoms. The van der Waals surface area contributed by atoms with Gasteiger partial charge in [0.2, 0.25) is 0 Å². The van der Waals surface area contributed by atoms with Gasteiger partial charge in [0.1, 0.15) is 0 Å². The van der Waals surface area contributed by atoms with Crippen LogP contribution in [0.4, 0.5) is 0 Å². The van der Waals surface area contributed by atoms with Gasteiger partial charge in [-0.25, -0.2) is 4.79 Å². The number of aliphatic hydroxyl groups is 1. The number of benzene rings is 2. The van der Waals surface area contributed by atoms with Gasteiger partial charge >= 0.3 is 5.97 Å². The van der Waals surface area contributed by atoms with Crippen LogP contribution in [0.2, 0.25) is 5.02 Å². The molecule has 2 aromatic rings. The average molecular weight is 305 g/mol. The van der Waals surface area contributed by atoms with Crippen LogP contribution in [-0.4, -0.2) is 17.7 Å². The molecule has 3 nitrogen and oxygen atoms in total. The second-order valence-electron chi connectivity index (χ2n) is 4.85. The monoisotopic (exact) mass is 304 g/mol. The van der Waals surface area contributed by atoms with Gasteiger partial charge in [0, 0.05) is 10.6 Å². The molecule has 2 aromatic carbocycles. The fourth-order valence-electron chi connectivity index (χ4n) is 2.06. The number of hydrogen-bond acceptors (Lipinski definition) is 3. The van der Waals surface area contributed by atoms with Crippen molar-refractivity contribution in [3.05, 3.63) is 59.1 Å². The lowest BCUT2D eigenvalue weighted by molar-refractivity contribution is -0.164. The van der Waals surface area contributed by atoms with Gasteiger partial charge in [0.25, 0.3) is 0 Å². The summed E-state index contributed by atoms with van der Waals surface area (Å²) in [5.74, 6) is -0.657. The Hall–Kier alpha value is -1.84. The van der Waals surface area contributed by atoms with Crippen LogP contribution in [0, 0.1) is 0 Å². The van der Waals surface area contributed by atoms with E-state index < -0.39 is 11.6 Å². The average Bonchev–Trinajstić information content (AvgIpc) is 2.48. The number of hydrogen-bond donors (Lipinski definition) is 1. The normalized spacial score (nSPS) is 13.5. The van der Waals surface area contributed by atoms with Crippen LogP contribution in [0.15, 0.2) is 48.5 Å². The molecule has 0 aliphatic carbocycles. The Morgan fingerprint density at radius 2 is 1.81 bits per heavy atom. The van der Waals surface area contributed by atoms with E-state index in [1.54, 1.807) is 19.1 Å². The molecule has 1 N–H and O–H groups in total. The fourth-order valence-corrected chi connectivity index (χ4v) is 2.30. The van der Waals surface area contributed by atoms with E-state index in [-0.39, 0.29) is 6.61 Å². The van der Waals surface area contributed by atoms with Crippen LogP contribution in [0.1, 0.15) is 19.4 Å². The van der Waals surface area contributed by atoms with E-state index in [4.69, 9.17) is 16.3 Å². The maximum atomic E-state index is 11.8. The van der Waals surface area contributed by atoms with Crippen molar-refractivity contribution in [1.29, 1.82) is 0 Å². The lowest BCUT2D eigenvalue weighted by Gasteiger charge is -2.21. The molecule has 0 aliphatic rings. The second-order valence-corrected chi connectivity index (χ2v) is 5.26. The highest BCUT2D eigenvalue weighted by Gasteiger charge is 2.33. The predicted octanol–water partition coefficient (Wildman–Crippen LogP) is 3.78. The van der Waals surface area contributed by atoms with Crippen LogP contribution in [0.5, 0.6) is 0 Å². The van der Waals surface area contributed by atoms with Crippen molar-refractivity contribution in [2.24, 2.45) is 0 Å². The number of ether oxygens (including phenoxy) is 1. The molecule has 0 heterocycles. The summed E-state index contributed by atoms with van der Waals surface area (Å²) in [5.41, 5.74) is 0.650. The molecule has 1 atom stereocenters. The largest absolute Gasteiger partial charge is 0.464 e. The molecule has 0 aliphatic heterocycles. The molecule has 0 radical (unpaired) electrons. The maximum absolute atomic E-state index is 11.8. The van der Waals surface area contributed by atoms with E-state index in [0.717, 1.165) is 11.1 Å². The van der Waals surface area contributed by atoms with Crippen LogP contribution >= 0.6 is 11.6 Å². The molecule has 0 spiro atoms. The van der Waals surface area contributed by atoms with E-state index in [2.05, 4.69) is 0 Å². The number of halogens is 1. The third kappa shape index (κ3) is 3.26. The third-order valence-electron chi connectivity index (χ3n) is 3.30. The van der Waals surface area contributed by atoms with Crippen molar-refractivity contribution in [2.75, 3.05) is 6.61 Å². The van der Waals surface area contributed by atoms with Crippen LogP contribution < -0.4 is 0 Å². The standard InChI is InChI=1S/C17H17ClO3/c1-3-21-16(19)17(2,20)13-10-8-12(9-11-13)14-6-4-5-7-15(14)18/h4-11,20H,3H2,1-2H3. The zero-order chi connectivity index (χ0) is 15.5. The Kier molecular flexibility index (Phi) is 4.66. The van der Waals surface area contributed by atoms with Gasteiger partial charge in [-0.2, -0.15) is 0 Å². The van der Waals surface area contributed by atoms with Gasteiger partial charge in [0.15, 0.2) is 5.60 Å². The zero-order valence-corrected chi connectivity index (χ0v) is 12.7. The summed E-state index contributed by atoms with van der Waals surface area (Å²) >= 11 is 6.16. The molecule has 4 heteroatoms. The van der Waals surface area contributed by atoms with Gasteiger partial charge in [-0.3, -0.25) is 0 Å². The zero-order valence-electron chi connectivity index (χ0n) is 12.0. The molecule has 0 aromatic heterocycles. The summed E-state index contributed by atoms with van der Waals surface area (Å²) in [5, 5.41) is 11.0. The minimum Gasteiger partial charge on any atom is -0.464 e. The van der Waals surface area contributed by atoms with E-state index in [1.165, 1.54) is 6.92 Å². The van der Waals surface area contributed by atoms with Crippen molar-refractivity contribution in [3.8, 4) is 11.1 Å². The van der Waals surface area contributed by atoms with Gasteiger partial charge in [0.05, 0.1) is 6.61 Å². The third-order valence-corrected chi connectivity index (χ3v) is 3.63. The van der Waals surface area contributed by atoms with E-state index in [1.807, 2.05) is 36.4 Å². The highest BCUT2D eigenvalue weighted by atomic mass is 35.5. The SMILES string of the molecule is CCOC(=O)C(C)(O)c1ccc(-c2ccccc2Cl)cc1. The minimum atomic E-state index is -1.66. The Morgan fingerprint density at radius 3 is 2.38 bits per heavy atom. The smallest absolute Gasteiger partial charge is 0.342 e. The molecular weight excluding hydrogens is 288 g/mol. The summed E-state index contributed by atoms with van der Waals surface area (Å²) in [6.07, 6.45) is 0. The van der Waals surface area contributed by atoms with Gasteiger partial charge < -0.3 is 9.84 Å². The molecular formula is C17H17ClO3. The molecule has 110 valence electrons. The van der Waals surface area contributed by atoms with Crippen molar-refractivity contribution < 1.29 is 14.6 Å². The molecule has 1 unspecified atom stereocenters. The number of rotatable bonds is 4. The predicted molar refractivity (Wildman–Crippen MR) is 83.1 cm³/mol. The number of esters is 1. The topological polar surface area (TPSA) is 46.5 Å². The van der Waals surface area contributed by atoms with Gasteiger partial charge in [-0.1, -0.05) is 54.1 Å². The highest BCUT2D eigenvalue weighted by Crippen LogP contribution is 2.30. The maximum Gasteiger partial charge on any atom is 0.342 e. The van der Waals surface area contributed by atoms with Gasteiger partial charge in [-0.05, 0) is 31.0 Å². The Labute approximate surface area is 129 Å². The lowest BCUT2D eigenvalue weighted by atomic mass is 9.94. The second kappa shape index (κ2) is 6.29. The van der Waals surface area contributed by atoms with E-state index in [9.17, 15) is 9.90 Å². The van der Waals surface area contributed by atoms with Crippen molar-refractivity contribution in [2.45, 2.75) is 19.4 Å². The molecule has 21 heavy (non-hydrogen) atoms. The summed E-state index contributed by atoms with van der Waals surface area (Å²) in [6.45, 7) is 3.36. The van der Waals surface area contributed by atoms with Crippen molar-refractivity contribution >= 4 is 17.6 Å². The summed E-state index contributed by atoms with van der Waals surface area (Å²) in [6, 6.07) is 14.6. The highest BCUT2D eigenvalue weighted by molar-refractivity contribution is 6.33. The van der Waals surface area contributed by atoms with Crippen LogP contribution in [-0.2, 0) is 15.1 Å². The van der Waals surface area contributed by atoms with Crippen LogP contribution in [0.25, 0.3) is 11.1 Å². The number of carbonyl (C=O) groups excluding carboxylic acids is 1. The Balaban J connectivity index is 2.31. The molecule has 0 saturated carbocycles. The molecule has 0 amide bonds. The fraction of sp³-hybridized carbons (Fsp3) is 0.235. The first-order valence-corrected chi connectivity index (χ1v) is 7.09. The first-order chi connectivity index (χ1) is 9.96. The summed E-state index contributed by atoms with van der Waals surface area (Å²) in [4.78, 5) is 11.8. The first kappa shape index (κ1) is 15.5. The molecule has 2 rings (SSSR count). The summed E-state index contributed by atoms with van der Waals surface area (Å²) < 4.78 is 4.89. The van der Waals surface area contributed by atoms with E-state index >= 15 is 0 Å². The van der Waals surface area contributed by atoms with Crippen molar-refractivity contribution in [3.63, 3.8) is 0 Å². The summed E-state index contributed by atoms with van der Waals surface area (Å²) in [7, 11) is 0. The first-order valence-electron chi connectivity index (χ1n) is 6.72. The van der Waals surface area contributed by atoms with Crippen molar-refractivity contribution in [1.82, 2.24) is 0 Å². The lowest BCUT2D eigenvalue weighted by Crippen LogP contribution is -2.34. The number of carbonyl (C=O) groups is 1. The minimum absolute atomic E-state index is 0.229. The quantitative estimate of drug-likeness (QED) is 0.874. The molecule has 0 saturated heterocycles.